The van der Waals surface area contributed by atoms with Gasteiger partial charge in [-0.15, -0.1) is 0 Å². The second-order valence-electron chi connectivity index (χ2n) is 32.6. The highest BCUT2D eigenvalue weighted by Gasteiger charge is 2.31. The SMILES string of the molecule is c1ccc2c(-c3ccc4c(c3)c3cc5c6ccccc6oc5c5c6nc7ccccc7nc6n4c35)cccc2c1.c1ccc2cc(-c3ccc4c(c3)c3cc5c6ccccc6oc5c5c6nc7ccccc7nc6n4c35)ccc2c1.c1ccc2nc3c(nc2c1)c1c2oc4ccccc4c2cc2c4cc(-c5cccc6c5oc5ccccc56)ccc4n3c21. The molecule has 0 saturated heterocycles. The smallest absolute Gasteiger partial charge is 0.165 e. The van der Waals surface area contributed by atoms with Gasteiger partial charge in [0, 0.05) is 81.0 Å². The van der Waals surface area contributed by atoms with E-state index in [1.54, 1.807) is 0 Å². The fourth-order valence-electron chi connectivity index (χ4n) is 20.7. The van der Waals surface area contributed by atoms with Gasteiger partial charge < -0.3 is 17.7 Å². The van der Waals surface area contributed by atoms with Crippen LogP contribution < -0.4 is 0 Å². The molecule has 13 heterocycles. The van der Waals surface area contributed by atoms with Crippen LogP contribution in [-0.4, -0.2) is 43.1 Å². The van der Waals surface area contributed by atoms with E-state index in [0.29, 0.717) is 0 Å². The highest BCUT2D eigenvalue weighted by molar-refractivity contribution is 6.36. The molecule has 0 amide bonds. The Bertz CT molecular complexity index is 10100. The summed E-state index contributed by atoms with van der Waals surface area (Å²) >= 11 is 0. The van der Waals surface area contributed by atoms with E-state index in [2.05, 4.69) is 238 Å². The Labute approximate surface area is 693 Å². The molecule has 123 heavy (non-hydrogen) atoms. The first-order valence-electron chi connectivity index (χ1n) is 41.4. The largest absolute Gasteiger partial charge is 0.455 e. The first-order valence-corrected chi connectivity index (χ1v) is 41.4. The number of rotatable bonds is 3. The molecule has 0 aliphatic rings. The molecule has 0 saturated carbocycles. The third-order valence-electron chi connectivity index (χ3n) is 26.1. The summed E-state index contributed by atoms with van der Waals surface area (Å²) < 4.78 is 32.9. The lowest BCUT2D eigenvalue weighted by Crippen LogP contribution is -1.89. The molecule has 0 aliphatic heterocycles. The van der Waals surface area contributed by atoms with E-state index < -0.39 is 0 Å². The maximum atomic E-state index is 6.56. The Balaban J connectivity index is 0.0000000928. The van der Waals surface area contributed by atoms with Crippen molar-refractivity contribution in [1.82, 2.24) is 43.1 Å². The third kappa shape index (κ3) is 8.91. The average molecular weight is 1570 g/mol. The van der Waals surface area contributed by atoms with Gasteiger partial charge in [-0.2, -0.15) is 0 Å². The summed E-state index contributed by atoms with van der Waals surface area (Å²) in [7, 11) is 0. The van der Waals surface area contributed by atoms with Crippen molar-refractivity contribution < 1.29 is 17.7 Å². The van der Waals surface area contributed by atoms with Gasteiger partial charge in [0.1, 0.15) is 61.2 Å². The lowest BCUT2D eigenvalue weighted by molar-refractivity contribution is 0.670. The molecule has 0 unspecified atom stereocenters. The summed E-state index contributed by atoms with van der Waals surface area (Å²) in [6, 6.07) is 121. The molecule has 0 bridgehead atoms. The second-order valence-corrected chi connectivity index (χ2v) is 32.6. The number of hydrogen-bond donors (Lipinski definition) is 0. The van der Waals surface area contributed by atoms with Crippen molar-refractivity contribution in [2.75, 3.05) is 0 Å². The summed E-state index contributed by atoms with van der Waals surface area (Å²) in [5.41, 5.74) is 31.2. The molecule has 13 aromatic heterocycles. The van der Waals surface area contributed by atoms with Crippen LogP contribution in [0.1, 0.15) is 0 Å². The first kappa shape index (κ1) is 65.2. The summed E-state index contributed by atoms with van der Waals surface area (Å²) in [4.78, 5) is 30.9. The molecule has 13 heteroatoms. The summed E-state index contributed by atoms with van der Waals surface area (Å²) in [6.07, 6.45) is 0. The zero-order valence-corrected chi connectivity index (χ0v) is 65.1. The third-order valence-corrected chi connectivity index (χ3v) is 26.1. The number of hydrogen-bond acceptors (Lipinski definition) is 10. The molecular weight excluding hydrogens is 1510 g/mol. The van der Waals surface area contributed by atoms with Gasteiger partial charge in [-0.3, -0.25) is 13.2 Å². The molecule has 0 spiro atoms. The zero-order valence-electron chi connectivity index (χ0n) is 65.1. The molecule has 18 aromatic carbocycles. The van der Waals surface area contributed by atoms with Gasteiger partial charge in [0.15, 0.2) is 16.9 Å². The van der Waals surface area contributed by atoms with Crippen LogP contribution in [0.3, 0.4) is 0 Å². The minimum absolute atomic E-state index is 0.841. The normalized spacial score (nSPS) is 12.6. The molecule has 0 aliphatic carbocycles. The van der Waals surface area contributed by atoms with Gasteiger partial charge >= 0.3 is 0 Å². The number of nitrogens with zero attached hydrogens (tertiary/aromatic N) is 9. The zero-order chi connectivity index (χ0) is 79.7. The van der Waals surface area contributed by atoms with Gasteiger partial charge in [-0.25, -0.2) is 29.9 Å². The predicted octanol–water partition coefficient (Wildman–Crippen LogP) is 29.2. The lowest BCUT2D eigenvalue weighted by Gasteiger charge is -2.08. The van der Waals surface area contributed by atoms with Crippen molar-refractivity contribution in [3.8, 4) is 33.4 Å². The number of para-hydroxylation sites is 11. The van der Waals surface area contributed by atoms with Gasteiger partial charge in [0.25, 0.3) is 0 Å². The monoisotopic (exact) mass is 1570 g/mol. The van der Waals surface area contributed by atoms with Crippen LogP contribution in [0.25, 0.3) is 291 Å². The Hall–Kier alpha value is -16.9. The summed E-state index contributed by atoms with van der Waals surface area (Å²) in [6.45, 7) is 0. The van der Waals surface area contributed by atoms with Crippen molar-refractivity contribution in [1.29, 1.82) is 0 Å². The maximum absolute atomic E-state index is 6.56. The molecule has 0 N–H and O–H groups in total. The number of furan rings is 4. The van der Waals surface area contributed by atoms with Crippen LogP contribution >= 0.6 is 0 Å². The molecule has 0 radical (unpaired) electrons. The Morgan fingerprint density at radius 1 is 0.187 bits per heavy atom. The van der Waals surface area contributed by atoms with Gasteiger partial charge in [-0.1, -0.05) is 224 Å². The predicted molar refractivity (Wildman–Crippen MR) is 503 cm³/mol. The van der Waals surface area contributed by atoms with Crippen LogP contribution in [-0.2, 0) is 0 Å². The maximum Gasteiger partial charge on any atom is 0.165 e. The van der Waals surface area contributed by atoms with Crippen molar-refractivity contribution in [3.63, 3.8) is 0 Å². The van der Waals surface area contributed by atoms with E-state index in [1.807, 2.05) is 121 Å². The van der Waals surface area contributed by atoms with E-state index in [4.69, 9.17) is 47.6 Å². The van der Waals surface area contributed by atoms with Crippen LogP contribution in [0.2, 0.25) is 0 Å². The Morgan fingerprint density at radius 2 is 0.504 bits per heavy atom. The van der Waals surface area contributed by atoms with Crippen LogP contribution in [0.15, 0.2) is 363 Å². The molecule has 566 valence electrons. The fourth-order valence-corrected chi connectivity index (χ4v) is 20.7. The van der Waals surface area contributed by atoms with E-state index in [0.717, 1.165) is 226 Å². The topological polar surface area (TPSA) is 143 Å². The molecule has 0 atom stereocenters. The lowest BCUT2D eigenvalue weighted by atomic mass is 9.96. The second kappa shape index (κ2) is 23.9. The van der Waals surface area contributed by atoms with Crippen molar-refractivity contribution in [2.45, 2.75) is 0 Å². The van der Waals surface area contributed by atoms with Crippen LogP contribution in [0.4, 0.5) is 0 Å². The number of aromatic nitrogens is 9. The molecule has 13 nitrogen and oxygen atoms in total. The molecule has 0 fully saturated rings. The van der Waals surface area contributed by atoms with Gasteiger partial charge in [-0.05, 0) is 171 Å². The van der Waals surface area contributed by atoms with Crippen molar-refractivity contribution >= 4 is 257 Å². The molecular formula is C110H57N9O4. The average Bonchev–Trinajstić information content (AvgIpc) is 1.51. The fraction of sp³-hybridized carbons (Fsp3) is 0. The van der Waals surface area contributed by atoms with Crippen LogP contribution in [0, 0.1) is 0 Å². The van der Waals surface area contributed by atoms with Crippen molar-refractivity contribution in [3.05, 3.63) is 346 Å². The highest BCUT2D eigenvalue weighted by Crippen LogP contribution is 2.51. The van der Waals surface area contributed by atoms with E-state index >= 15 is 0 Å². The first-order chi connectivity index (χ1) is 61.0. The molecule has 31 aromatic rings. The van der Waals surface area contributed by atoms with Gasteiger partial charge in [0.05, 0.1) is 82.4 Å². The van der Waals surface area contributed by atoms with Crippen molar-refractivity contribution in [2.24, 2.45) is 0 Å². The number of fused-ring (bicyclic) bond motifs is 38. The summed E-state index contributed by atoms with van der Waals surface area (Å²) in [5, 5.41) is 24.1. The quantitative estimate of drug-likeness (QED) is 0.168. The molecule has 31 rings (SSSR count). The van der Waals surface area contributed by atoms with Crippen LogP contribution in [0.5, 0.6) is 0 Å². The minimum Gasteiger partial charge on any atom is -0.455 e. The Kier molecular flexibility index (Phi) is 12.7. The van der Waals surface area contributed by atoms with Gasteiger partial charge in [0.2, 0.25) is 0 Å². The van der Waals surface area contributed by atoms with E-state index in [-0.39, 0.29) is 0 Å². The Morgan fingerprint density at radius 3 is 0.967 bits per heavy atom. The standard InChI is InChI=1S/C38H19N3O2.2C36H19N3O/c1-5-14-31-22(8-1)24-11-7-10-21(36(24)42-31)20-16-17-30-25(18-20)26-19-27-23-9-2-6-15-32(23)43-37(27)33-34-38(41(30)35(26)33)40-29-13-4-3-12-28(29)39-34;1-2-10-22-20(8-1)9-7-12-23(22)21-16-17-30-25(18-21)26-19-27-24-11-3-6-15-31(24)40-35(27)32-33-36(39(30)34(26)32)38-29-14-5-4-13-28(29)37-33;1-2-8-21-17-22(14-13-20(21)7-1)23-15-16-30-25(18-23)26-19-27-24-9-3-6-12-31(24)40-35(27)32-33-36(39(30)34(26)32)38-29-11-5-4-10-28(29)37-33/h1-19H;2*1-19H. The minimum atomic E-state index is 0.841. The number of benzene rings is 18. The van der Waals surface area contributed by atoms with E-state index in [1.165, 1.54) is 65.3 Å². The van der Waals surface area contributed by atoms with E-state index in [9.17, 15) is 0 Å². The summed E-state index contributed by atoms with van der Waals surface area (Å²) in [5.74, 6) is 0. The highest BCUT2D eigenvalue weighted by atomic mass is 16.3.